The van der Waals surface area contributed by atoms with Crippen LogP contribution in [0.25, 0.3) is 6.08 Å². The largest absolute Gasteiger partial charge is 0.119 e. The minimum Gasteiger partial charge on any atom is -0.119 e. The van der Waals surface area contributed by atoms with E-state index in [1.165, 1.54) is 0 Å². The quantitative estimate of drug-likeness (QED) is 0.516. The summed E-state index contributed by atoms with van der Waals surface area (Å²) in [5, 5.41) is 0. The molecule has 0 amide bonds. The molecule has 1 aromatic rings. The molecule has 0 aromatic heterocycles. The Balaban J connectivity index is 2.60. The molecular formula is C13H8. The van der Waals surface area contributed by atoms with Gasteiger partial charge in [0.1, 0.15) is 0 Å². The first kappa shape index (κ1) is 7.71. The van der Waals surface area contributed by atoms with Crippen LogP contribution in [0.3, 0.4) is 0 Å². The minimum atomic E-state index is -0.0128. The molecule has 1 aromatic carbocycles. The lowest BCUT2D eigenvalue weighted by atomic mass is 9.97. The van der Waals surface area contributed by atoms with Crippen LogP contribution in [0.5, 0.6) is 0 Å². The molecule has 0 aliphatic heterocycles. The zero-order chi connectivity index (χ0) is 9.26. The zero-order valence-electron chi connectivity index (χ0n) is 7.12. The third-order valence-electron chi connectivity index (χ3n) is 2.26. The van der Waals surface area contributed by atoms with Gasteiger partial charge >= 0.3 is 0 Å². The van der Waals surface area contributed by atoms with Crippen LogP contribution in [-0.4, -0.2) is 0 Å². The number of allylic oxidation sites excluding steroid dienone is 1. The van der Waals surface area contributed by atoms with Crippen molar-refractivity contribution in [2.75, 3.05) is 0 Å². The molecule has 0 bridgehead atoms. The van der Waals surface area contributed by atoms with Gasteiger partial charge in [0.2, 0.25) is 0 Å². The van der Waals surface area contributed by atoms with Crippen molar-refractivity contribution in [1.82, 2.24) is 0 Å². The highest BCUT2D eigenvalue weighted by Crippen LogP contribution is 2.34. The van der Waals surface area contributed by atoms with E-state index in [4.69, 9.17) is 12.8 Å². The third kappa shape index (κ3) is 1.05. The minimum absolute atomic E-state index is 0.0128. The van der Waals surface area contributed by atoms with E-state index in [-0.39, 0.29) is 5.92 Å². The van der Waals surface area contributed by atoms with Gasteiger partial charge in [-0.1, -0.05) is 36.1 Å². The second-order valence-electron chi connectivity index (χ2n) is 2.97. The van der Waals surface area contributed by atoms with Crippen molar-refractivity contribution >= 4 is 6.08 Å². The third-order valence-corrected chi connectivity index (χ3v) is 2.26. The van der Waals surface area contributed by atoms with E-state index >= 15 is 0 Å². The van der Waals surface area contributed by atoms with Gasteiger partial charge in [0.05, 0.1) is 5.92 Å². The standard InChI is InChI=1S/C13H8/c1-3-10-9-11-7-5-6-8-13(11)12(10)4-2/h1-2,5-9,12H. The van der Waals surface area contributed by atoms with Crippen LogP contribution in [0.1, 0.15) is 17.0 Å². The van der Waals surface area contributed by atoms with Crippen molar-refractivity contribution in [2.24, 2.45) is 0 Å². The number of terminal acetylenes is 2. The summed E-state index contributed by atoms with van der Waals surface area (Å²) in [5.74, 6) is 5.33. The molecule has 13 heavy (non-hydrogen) atoms. The Morgan fingerprint density at radius 2 is 1.92 bits per heavy atom. The smallest absolute Gasteiger partial charge is 0.0784 e. The summed E-state index contributed by atoms with van der Waals surface area (Å²) in [7, 11) is 0. The summed E-state index contributed by atoms with van der Waals surface area (Å²) >= 11 is 0. The van der Waals surface area contributed by atoms with Crippen LogP contribution in [0.15, 0.2) is 29.8 Å². The molecule has 0 nitrogen and oxygen atoms in total. The number of rotatable bonds is 0. The summed E-state index contributed by atoms with van der Waals surface area (Å²) in [6.45, 7) is 0. The van der Waals surface area contributed by atoms with Gasteiger partial charge in [0, 0.05) is 5.57 Å². The van der Waals surface area contributed by atoms with Crippen molar-refractivity contribution in [3.05, 3.63) is 41.0 Å². The fraction of sp³-hybridized carbons (Fsp3) is 0.0769. The lowest BCUT2D eigenvalue weighted by Crippen LogP contribution is -1.92. The van der Waals surface area contributed by atoms with E-state index in [1.807, 2.05) is 30.3 Å². The number of fused-ring (bicyclic) bond motifs is 1. The maximum atomic E-state index is 5.43. The lowest BCUT2D eigenvalue weighted by molar-refractivity contribution is 1.12. The van der Waals surface area contributed by atoms with E-state index in [2.05, 4.69) is 11.8 Å². The Kier molecular flexibility index (Phi) is 1.69. The Labute approximate surface area is 78.3 Å². The van der Waals surface area contributed by atoms with Gasteiger partial charge in [-0.05, 0) is 17.2 Å². The van der Waals surface area contributed by atoms with Gasteiger partial charge in [0.25, 0.3) is 0 Å². The van der Waals surface area contributed by atoms with Crippen LogP contribution in [-0.2, 0) is 0 Å². The molecule has 0 N–H and O–H groups in total. The highest BCUT2D eigenvalue weighted by atomic mass is 14.2. The van der Waals surface area contributed by atoms with Crippen LogP contribution in [0, 0.1) is 24.7 Å². The van der Waals surface area contributed by atoms with Gasteiger partial charge in [-0.2, -0.15) is 0 Å². The Morgan fingerprint density at radius 3 is 2.62 bits per heavy atom. The van der Waals surface area contributed by atoms with E-state index < -0.39 is 0 Å². The monoisotopic (exact) mass is 164 g/mol. The fourth-order valence-corrected chi connectivity index (χ4v) is 1.63. The average molecular weight is 164 g/mol. The number of benzene rings is 1. The molecular weight excluding hydrogens is 156 g/mol. The van der Waals surface area contributed by atoms with Gasteiger partial charge in [-0.15, -0.1) is 12.8 Å². The van der Waals surface area contributed by atoms with Crippen molar-refractivity contribution in [1.29, 1.82) is 0 Å². The van der Waals surface area contributed by atoms with Crippen LogP contribution >= 0.6 is 0 Å². The van der Waals surface area contributed by atoms with Crippen LogP contribution in [0.2, 0.25) is 0 Å². The summed E-state index contributed by atoms with van der Waals surface area (Å²) in [6.07, 6.45) is 12.8. The highest BCUT2D eigenvalue weighted by Gasteiger charge is 2.20. The van der Waals surface area contributed by atoms with E-state index in [1.54, 1.807) is 0 Å². The molecule has 1 atom stereocenters. The van der Waals surface area contributed by atoms with Crippen LogP contribution in [0.4, 0.5) is 0 Å². The molecule has 60 valence electrons. The molecule has 1 unspecified atom stereocenters. The first-order chi connectivity index (χ1) is 6.36. The maximum absolute atomic E-state index is 5.43. The highest BCUT2D eigenvalue weighted by molar-refractivity contribution is 5.72. The number of hydrogen-bond acceptors (Lipinski definition) is 0. The zero-order valence-corrected chi connectivity index (χ0v) is 7.12. The molecule has 0 spiro atoms. The summed E-state index contributed by atoms with van der Waals surface area (Å²) < 4.78 is 0. The van der Waals surface area contributed by atoms with Gasteiger partial charge in [-0.3, -0.25) is 0 Å². The van der Waals surface area contributed by atoms with Crippen molar-refractivity contribution in [2.45, 2.75) is 5.92 Å². The normalized spacial score (nSPS) is 18.3. The molecule has 2 rings (SSSR count). The van der Waals surface area contributed by atoms with E-state index in [0.29, 0.717) is 0 Å². The summed E-state index contributed by atoms with van der Waals surface area (Å²) in [6, 6.07) is 8.03. The predicted molar refractivity (Wildman–Crippen MR) is 54.8 cm³/mol. The second-order valence-corrected chi connectivity index (χ2v) is 2.97. The van der Waals surface area contributed by atoms with Crippen molar-refractivity contribution in [3.63, 3.8) is 0 Å². The van der Waals surface area contributed by atoms with Gasteiger partial charge in [-0.25, -0.2) is 0 Å². The molecule has 0 radical (unpaired) electrons. The SMILES string of the molecule is C#CC1=Cc2ccccc2C1C#C. The lowest BCUT2D eigenvalue weighted by Gasteiger charge is -2.04. The van der Waals surface area contributed by atoms with E-state index in [9.17, 15) is 0 Å². The number of hydrogen-bond donors (Lipinski definition) is 0. The average Bonchev–Trinajstić information content (AvgIpc) is 2.55. The first-order valence-electron chi connectivity index (χ1n) is 4.10. The second kappa shape index (κ2) is 2.85. The Hall–Kier alpha value is -1.92. The van der Waals surface area contributed by atoms with Gasteiger partial charge < -0.3 is 0 Å². The topological polar surface area (TPSA) is 0 Å². The molecule has 0 saturated heterocycles. The fourth-order valence-electron chi connectivity index (χ4n) is 1.63. The first-order valence-corrected chi connectivity index (χ1v) is 4.10. The van der Waals surface area contributed by atoms with E-state index in [0.717, 1.165) is 16.7 Å². The van der Waals surface area contributed by atoms with Crippen molar-refractivity contribution < 1.29 is 0 Å². The molecule has 0 saturated carbocycles. The molecule has 0 heteroatoms. The Morgan fingerprint density at radius 1 is 1.15 bits per heavy atom. The van der Waals surface area contributed by atoms with Crippen molar-refractivity contribution in [3.8, 4) is 24.7 Å². The molecule has 0 fully saturated rings. The predicted octanol–water partition coefficient (Wildman–Crippen LogP) is 2.43. The maximum Gasteiger partial charge on any atom is 0.0784 e. The molecule has 1 aliphatic rings. The summed E-state index contributed by atoms with van der Waals surface area (Å²) in [4.78, 5) is 0. The van der Waals surface area contributed by atoms with Gasteiger partial charge in [0.15, 0.2) is 0 Å². The van der Waals surface area contributed by atoms with Crippen LogP contribution < -0.4 is 0 Å². The Bertz CT molecular complexity index is 450. The molecule has 0 heterocycles. The molecule has 1 aliphatic carbocycles. The summed E-state index contributed by atoms with van der Waals surface area (Å²) in [5.41, 5.74) is 3.19.